The van der Waals surface area contributed by atoms with Gasteiger partial charge < -0.3 is 19.5 Å². The number of esters is 1. The van der Waals surface area contributed by atoms with Crippen molar-refractivity contribution < 1.29 is 23.9 Å². The van der Waals surface area contributed by atoms with Crippen molar-refractivity contribution in [2.45, 2.75) is 19.9 Å². The molecule has 208 valence electrons. The molecule has 40 heavy (non-hydrogen) atoms. The summed E-state index contributed by atoms with van der Waals surface area (Å²) in [6, 6.07) is 16.5. The Labute approximate surface area is 231 Å². The highest BCUT2D eigenvalue weighted by Crippen LogP contribution is 2.41. The van der Waals surface area contributed by atoms with Gasteiger partial charge in [-0.1, -0.05) is 18.7 Å². The third kappa shape index (κ3) is 8.27. The molecule has 0 radical (unpaired) electrons. The Balaban J connectivity index is 1.67. The van der Waals surface area contributed by atoms with Gasteiger partial charge in [0.1, 0.15) is 29.5 Å². The van der Waals surface area contributed by atoms with Crippen LogP contribution in [0.1, 0.15) is 25.5 Å². The maximum atomic E-state index is 11.5. The summed E-state index contributed by atoms with van der Waals surface area (Å²) >= 11 is 0. The Morgan fingerprint density at radius 1 is 0.925 bits per heavy atom. The van der Waals surface area contributed by atoms with Gasteiger partial charge in [-0.2, -0.15) is 10.2 Å². The number of nitro benzene ring substituents is 1. The van der Waals surface area contributed by atoms with Gasteiger partial charge in [0.25, 0.3) is 5.69 Å². The molecule has 0 aliphatic carbocycles. The van der Waals surface area contributed by atoms with Crippen LogP contribution in [-0.4, -0.2) is 38.3 Å². The molecule has 0 aliphatic rings. The molecule has 0 heterocycles. The van der Waals surface area contributed by atoms with Gasteiger partial charge in [-0.3, -0.25) is 10.1 Å². The number of methoxy groups -OCH3 is 2. The summed E-state index contributed by atoms with van der Waals surface area (Å²) in [5.41, 5.74) is 3.26. The second kappa shape index (κ2) is 14.3. The van der Waals surface area contributed by atoms with Crippen LogP contribution >= 0.6 is 0 Å². The average Bonchev–Trinajstić information content (AvgIpc) is 2.97. The molecule has 1 atom stereocenters. The third-order valence-electron chi connectivity index (χ3n) is 5.61. The molecule has 3 rings (SSSR count). The number of carbonyl (C=O) groups excluding carboxylic acids is 1. The molecule has 0 saturated carbocycles. The lowest BCUT2D eigenvalue weighted by atomic mass is 10.1. The number of rotatable bonds is 13. The summed E-state index contributed by atoms with van der Waals surface area (Å²) in [6.07, 6.45) is 0. The van der Waals surface area contributed by atoms with E-state index in [0.717, 1.165) is 5.56 Å². The van der Waals surface area contributed by atoms with Crippen molar-refractivity contribution in [2.24, 2.45) is 20.5 Å². The van der Waals surface area contributed by atoms with Crippen molar-refractivity contribution >= 4 is 34.4 Å². The topological polar surface area (TPSA) is 149 Å². The number of hydrogen-bond acceptors (Lipinski definition) is 11. The highest BCUT2D eigenvalue weighted by molar-refractivity contribution is 5.86. The monoisotopic (exact) mass is 546 g/mol. The number of benzene rings is 3. The average molecular weight is 547 g/mol. The lowest BCUT2D eigenvalue weighted by molar-refractivity contribution is -0.384. The highest BCUT2D eigenvalue weighted by Gasteiger charge is 2.12. The standard InChI is InChI=1S/C28H30N6O6/c1-18(2)28(35)40-15-14-29-19(3)20-6-8-21(9-7-20)30-32-24-16-27(39-5)25(17-26(24)38-4)33-31-22-10-12-23(13-11-22)34(36)37/h6-13,16-17,19,29H,1,14-15H2,2-5H3/b32-30+,33-31+. The molecule has 1 N–H and O–H groups in total. The Morgan fingerprint density at radius 2 is 1.43 bits per heavy atom. The predicted molar refractivity (Wildman–Crippen MR) is 150 cm³/mol. The Kier molecular flexibility index (Phi) is 10.5. The van der Waals surface area contributed by atoms with E-state index >= 15 is 0 Å². The molecule has 3 aromatic rings. The molecular weight excluding hydrogens is 516 g/mol. The third-order valence-corrected chi connectivity index (χ3v) is 5.61. The number of ether oxygens (including phenoxy) is 3. The molecule has 0 fully saturated rings. The molecular formula is C28H30N6O6. The van der Waals surface area contributed by atoms with Crippen molar-refractivity contribution in [3.8, 4) is 11.5 Å². The molecule has 0 aromatic heterocycles. The smallest absolute Gasteiger partial charge is 0.333 e. The van der Waals surface area contributed by atoms with E-state index in [-0.39, 0.29) is 18.3 Å². The zero-order valence-corrected chi connectivity index (χ0v) is 22.7. The van der Waals surface area contributed by atoms with E-state index in [4.69, 9.17) is 14.2 Å². The molecule has 0 amide bonds. The molecule has 0 spiro atoms. The van der Waals surface area contributed by atoms with Gasteiger partial charge in [0, 0.05) is 42.4 Å². The van der Waals surface area contributed by atoms with E-state index in [2.05, 4.69) is 32.4 Å². The van der Waals surface area contributed by atoms with Crippen molar-refractivity contribution in [3.63, 3.8) is 0 Å². The molecule has 3 aromatic carbocycles. The largest absolute Gasteiger partial charge is 0.494 e. The number of nitro groups is 1. The van der Waals surface area contributed by atoms with Crippen LogP contribution in [0.3, 0.4) is 0 Å². The van der Waals surface area contributed by atoms with Gasteiger partial charge in [0.15, 0.2) is 0 Å². The van der Waals surface area contributed by atoms with Gasteiger partial charge in [-0.05, 0) is 43.7 Å². The first-order valence-electron chi connectivity index (χ1n) is 12.2. The first kappa shape index (κ1) is 29.6. The fraction of sp³-hybridized carbons (Fsp3) is 0.250. The van der Waals surface area contributed by atoms with E-state index < -0.39 is 10.9 Å². The molecule has 0 bridgehead atoms. The van der Waals surface area contributed by atoms with Crippen LogP contribution in [0.25, 0.3) is 0 Å². The van der Waals surface area contributed by atoms with Crippen LogP contribution in [0.15, 0.2) is 93.3 Å². The van der Waals surface area contributed by atoms with Crippen LogP contribution in [0, 0.1) is 10.1 Å². The Bertz CT molecular complexity index is 1400. The minimum Gasteiger partial charge on any atom is -0.494 e. The van der Waals surface area contributed by atoms with Gasteiger partial charge in [-0.15, -0.1) is 10.2 Å². The highest BCUT2D eigenvalue weighted by atomic mass is 16.6. The van der Waals surface area contributed by atoms with Crippen LogP contribution < -0.4 is 14.8 Å². The van der Waals surface area contributed by atoms with E-state index in [0.29, 0.717) is 46.4 Å². The fourth-order valence-electron chi connectivity index (χ4n) is 3.38. The number of azo groups is 2. The summed E-state index contributed by atoms with van der Waals surface area (Å²) < 4.78 is 16.0. The van der Waals surface area contributed by atoms with Crippen LogP contribution in [0.4, 0.5) is 28.4 Å². The van der Waals surface area contributed by atoms with Gasteiger partial charge in [0.05, 0.1) is 30.5 Å². The minimum atomic E-state index is -0.483. The van der Waals surface area contributed by atoms with Gasteiger partial charge >= 0.3 is 5.97 Å². The fourth-order valence-corrected chi connectivity index (χ4v) is 3.38. The molecule has 1 unspecified atom stereocenters. The second-order valence-electron chi connectivity index (χ2n) is 8.55. The van der Waals surface area contributed by atoms with Crippen LogP contribution in [-0.2, 0) is 9.53 Å². The van der Waals surface area contributed by atoms with Gasteiger partial charge in [-0.25, -0.2) is 4.79 Å². The number of non-ortho nitro benzene ring substituents is 1. The summed E-state index contributed by atoms with van der Waals surface area (Å²) in [5, 5.41) is 31.1. The lowest BCUT2D eigenvalue weighted by Gasteiger charge is -2.14. The Hall–Kier alpha value is -4.97. The van der Waals surface area contributed by atoms with Crippen molar-refractivity contribution in [1.82, 2.24) is 5.32 Å². The summed E-state index contributed by atoms with van der Waals surface area (Å²) in [6.45, 7) is 7.94. The number of nitrogens with one attached hydrogen (secondary N) is 1. The maximum absolute atomic E-state index is 11.5. The summed E-state index contributed by atoms with van der Waals surface area (Å²) in [7, 11) is 2.99. The maximum Gasteiger partial charge on any atom is 0.333 e. The second-order valence-corrected chi connectivity index (χ2v) is 8.55. The minimum absolute atomic E-state index is 0.0339. The van der Waals surface area contributed by atoms with E-state index in [1.807, 2.05) is 31.2 Å². The van der Waals surface area contributed by atoms with E-state index in [1.165, 1.54) is 38.5 Å². The number of carbonyl (C=O) groups is 1. The number of hydrogen-bond donors (Lipinski definition) is 1. The molecule has 12 heteroatoms. The molecule has 0 aliphatic heterocycles. The SMILES string of the molecule is C=C(C)C(=O)OCCNC(C)c1ccc(/N=N/c2cc(OC)c(/N=N/c3ccc([N+](=O)[O-])cc3)cc2OC)cc1. The zero-order chi connectivity index (χ0) is 29.1. The Morgan fingerprint density at radius 3 is 1.88 bits per heavy atom. The first-order chi connectivity index (χ1) is 19.2. The molecule has 12 nitrogen and oxygen atoms in total. The quantitative estimate of drug-likeness (QED) is 0.0594. The summed E-state index contributed by atoms with van der Waals surface area (Å²) in [4.78, 5) is 21.8. The predicted octanol–water partition coefficient (Wildman–Crippen LogP) is 7.21. The first-order valence-corrected chi connectivity index (χ1v) is 12.2. The zero-order valence-electron chi connectivity index (χ0n) is 22.7. The van der Waals surface area contributed by atoms with Crippen molar-refractivity contribution in [3.05, 3.63) is 88.5 Å². The van der Waals surface area contributed by atoms with Crippen LogP contribution in [0.2, 0.25) is 0 Å². The summed E-state index contributed by atoms with van der Waals surface area (Å²) in [5.74, 6) is 0.397. The van der Waals surface area contributed by atoms with Gasteiger partial charge in [0.2, 0.25) is 0 Å². The van der Waals surface area contributed by atoms with E-state index in [1.54, 1.807) is 19.1 Å². The van der Waals surface area contributed by atoms with Crippen molar-refractivity contribution in [2.75, 3.05) is 27.4 Å². The molecule has 0 saturated heterocycles. The van der Waals surface area contributed by atoms with E-state index in [9.17, 15) is 14.9 Å². The van der Waals surface area contributed by atoms with Crippen molar-refractivity contribution in [1.29, 1.82) is 0 Å². The number of nitrogens with zero attached hydrogens (tertiary/aromatic N) is 5. The lowest BCUT2D eigenvalue weighted by Crippen LogP contribution is -2.24. The normalized spacial score (nSPS) is 11.9. The van der Waals surface area contributed by atoms with Crippen LogP contribution in [0.5, 0.6) is 11.5 Å².